The molecule has 0 atom stereocenters. The fourth-order valence-electron chi connectivity index (χ4n) is 1.84. The Bertz CT molecular complexity index is 528. The molecule has 0 bridgehead atoms. The van der Waals surface area contributed by atoms with Gasteiger partial charge in [0.25, 0.3) is 5.92 Å². The maximum absolute atomic E-state index is 13.3. The van der Waals surface area contributed by atoms with Crippen molar-refractivity contribution in [2.24, 2.45) is 4.99 Å². The van der Waals surface area contributed by atoms with Crippen molar-refractivity contribution in [2.45, 2.75) is 32.6 Å². The minimum absolute atomic E-state index is 0.0604. The summed E-state index contributed by atoms with van der Waals surface area (Å²) in [6.07, 6.45) is 6.46. The van der Waals surface area contributed by atoms with Gasteiger partial charge in [0.15, 0.2) is 0 Å². The van der Waals surface area contributed by atoms with Crippen molar-refractivity contribution in [1.29, 1.82) is 0 Å². The van der Waals surface area contributed by atoms with Gasteiger partial charge in [0.05, 0.1) is 5.03 Å². The third-order valence-corrected chi connectivity index (χ3v) is 2.96. The maximum Gasteiger partial charge on any atom is 0.270 e. The molecule has 0 spiro atoms. The number of benzene rings is 1. The Hall–Kier alpha value is -1.48. The van der Waals surface area contributed by atoms with Crippen LogP contribution in [0.5, 0.6) is 0 Å². The van der Waals surface area contributed by atoms with E-state index in [0.29, 0.717) is 11.5 Å². The minimum Gasteiger partial charge on any atom is -0.271 e. The van der Waals surface area contributed by atoms with Gasteiger partial charge in [-0.3, -0.25) is 4.99 Å². The Morgan fingerprint density at radius 2 is 2.10 bits per heavy atom. The molecule has 1 nitrogen and oxygen atoms in total. The van der Waals surface area contributed by atoms with Gasteiger partial charge in [-0.25, -0.2) is 8.78 Å². The Kier molecular flexibility index (Phi) is 6.08. The van der Waals surface area contributed by atoms with Crippen LogP contribution in [0, 0.1) is 6.92 Å². The topological polar surface area (TPSA) is 12.4 Å². The van der Waals surface area contributed by atoms with Crippen molar-refractivity contribution in [3.8, 4) is 0 Å². The van der Waals surface area contributed by atoms with Crippen LogP contribution in [0.1, 0.15) is 30.0 Å². The van der Waals surface area contributed by atoms with Crippen LogP contribution in [0.15, 0.2) is 46.6 Å². The molecule has 0 saturated carbocycles. The van der Waals surface area contributed by atoms with Crippen LogP contribution in [0.4, 0.5) is 8.78 Å². The Morgan fingerprint density at radius 1 is 1.40 bits per heavy atom. The first-order chi connectivity index (χ1) is 9.32. The second-order valence-electron chi connectivity index (χ2n) is 4.73. The quantitative estimate of drug-likeness (QED) is 0.494. The molecule has 0 aliphatic heterocycles. The number of alkyl halides is 2. The first kappa shape index (κ1) is 16.6. The zero-order valence-corrected chi connectivity index (χ0v) is 12.4. The highest BCUT2D eigenvalue weighted by molar-refractivity contribution is 6.31. The van der Waals surface area contributed by atoms with Gasteiger partial charge in [0.1, 0.15) is 0 Å². The van der Waals surface area contributed by atoms with Gasteiger partial charge in [-0.05, 0) is 44.2 Å². The standard InChI is InChI=1S/C16H18ClF2N/c1-12-8-13(10-14(9-12)16(2,18)19)6-4-5-7-15(17)11-20-3/h5,7-11H,3-4,6H2,1-2H3/b7-5-,15-11+. The van der Waals surface area contributed by atoms with Gasteiger partial charge in [0, 0.05) is 18.7 Å². The van der Waals surface area contributed by atoms with Crippen molar-refractivity contribution in [2.75, 3.05) is 0 Å². The first-order valence-electron chi connectivity index (χ1n) is 6.30. The molecular formula is C16H18ClF2N. The lowest BCUT2D eigenvalue weighted by Crippen LogP contribution is -2.08. The summed E-state index contributed by atoms with van der Waals surface area (Å²) in [6.45, 7) is 6.04. The second-order valence-corrected chi connectivity index (χ2v) is 5.17. The van der Waals surface area contributed by atoms with Crippen LogP contribution in [-0.4, -0.2) is 6.72 Å². The molecule has 20 heavy (non-hydrogen) atoms. The van der Waals surface area contributed by atoms with E-state index in [9.17, 15) is 8.78 Å². The number of aryl methyl sites for hydroxylation is 2. The molecule has 0 N–H and O–H groups in total. The molecule has 0 saturated heterocycles. The van der Waals surface area contributed by atoms with Crippen LogP contribution >= 0.6 is 11.6 Å². The number of halogens is 3. The van der Waals surface area contributed by atoms with E-state index < -0.39 is 5.92 Å². The lowest BCUT2D eigenvalue weighted by Gasteiger charge is -2.13. The molecule has 1 aromatic carbocycles. The van der Waals surface area contributed by atoms with Crippen LogP contribution < -0.4 is 0 Å². The van der Waals surface area contributed by atoms with Crippen molar-refractivity contribution in [1.82, 2.24) is 0 Å². The summed E-state index contributed by atoms with van der Waals surface area (Å²) in [4.78, 5) is 3.54. The first-order valence-corrected chi connectivity index (χ1v) is 6.67. The summed E-state index contributed by atoms with van der Waals surface area (Å²) < 4.78 is 26.7. The van der Waals surface area contributed by atoms with Gasteiger partial charge in [-0.15, -0.1) is 0 Å². The zero-order chi connectivity index (χ0) is 15.2. The predicted molar refractivity (Wildman–Crippen MR) is 81.7 cm³/mol. The molecule has 1 aromatic rings. The van der Waals surface area contributed by atoms with Gasteiger partial charge < -0.3 is 0 Å². The summed E-state index contributed by atoms with van der Waals surface area (Å²) in [5.41, 5.74) is 1.80. The summed E-state index contributed by atoms with van der Waals surface area (Å²) in [6, 6.07) is 5.00. The average molecular weight is 298 g/mol. The highest BCUT2D eigenvalue weighted by Crippen LogP contribution is 2.28. The van der Waals surface area contributed by atoms with E-state index in [1.54, 1.807) is 12.1 Å². The molecular weight excluding hydrogens is 280 g/mol. The van der Waals surface area contributed by atoms with E-state index in [1.165, 1.54) is 12.3 Å². The Balaban J connectivity index is 2.72. The van der Waals surface area contributed by atoms with Crippen LogP contribution in [-0.2, 0) is 12.3 Å². The van der Waals surface area contributed by atoms with Crippen molar-refractivity contribution >= 4 is 18.3 Å². The molecule has 0 radical (unpaired) electrons. The molecule has 108 valence electrons. The van der Waals surface area contributed by atoms with Crippen LogP contribution in [0.2, 0.25) is 0 Å². The highest BCUT2D eigenvalue weighted by atomic mass is 35.5. The minimum atomic E-state index is -2.81. The smallest absolute Gasteiger partial charge is 0.270 e. The van der Waals surface area contributed by atoms with Crippen molar-refractivity contribution in [3.05, 3.63) is 58.3 Å². The van der Waals surface area contributed by atoms with E-state index in [-0.39, 0.29) is 5.56 Å². The summed E-state index contributed by atoms with van der Waals surface area (Å²) in [5, 5.41) is 0.491. The Morgan fingerprint density at radius 3 is 2.70 bits per heavy atom. The zero-order valence-electron chi connectivity index (χ0n) is 11.7. The lowest BCUT2D eigenvalue weighted by molar-refractivity contribution is 0.0173. The fourth-order valence-corrected chi connectivity index (χ4v) is 1.99. The third-order valence-electron chi connectivity index (χ3n) is 2.74. The third kappa shape index (κ3) is 5.66. The highest BCUT2D eigenvalue weighted by Gasteiger charge is 2.24. The molecule has 0 unspecified atom stereocenters. The van der Waals surface area contributed by atoms with Crippen molar-refractivity contribution in [3.63, 3.8) is 0 Å². The summed E-state index contributed by atoms with van der Waals surface area (Å²) in [5.74, 6) is -2.81. The number of allylic oxidation sites excluding steroid dienone is 3. The molecule has 0 amide bonds. The SMILES string of the molecule is C=N/C=C(Cl)\C=C/CCc1cc(C)cc(C(C)(F)F)c1. The fraction of sp³-hybridized carbons (Fsp3) is 0.312. The monoisotopic (exact) mass is 297 g/mol. The molecule has 0 heterocycles. The van der Waals surface area contributed by atoms with Crippen molar-refractivity contribution < 1.29 is 8.78 Å². The lowest BCUT2D eigenvalue weighted by atomic mass is 10.00. The maximum atomic E-state index is 13.3. The number of nitrogens with zero attached hydrogens (tertiary/aromatic N) is 1. The number of hydrogen-bond donors (Lipinski definition) is 0. The summed E-state index contributed by atoms with van der Waals surface area (Å²) in [7, 11) is 0. The van der Waals surface area contributed by atoms with Gasteiger partial charge in [-0.2, -0.15) is 0 Å². The number of aliphatic imine (C=N–C) groups is 1. The molecule has 0 aliphatic rings. The van der Waals surface area contributed by atoms with E-state index >= 15 is 0 Å². The van der Waals surface area contributed by atoms with E-state index in [4.69, 9.17) is 11.6 Å². The van der Waals surface area contributed by atoms with Gasteiger partial charge in [0.2, 0.25) is 0 Å². The largest absolute Gasteiger partial charge is 0.271 e. The average Bonchev–Trinajstić information content (AvgIpc) is 2.33. The van der Waals surface area contributed by atoms with Gasteiger partial charge in [-0.1, -0.05) is 35.4 Å². The Labute approximate surface area is 123 Å². The van der Waals surface area contributed by atoms with E-state index in [0.717, 1.165) is 24.5 Å². The second kappa shape index (κ2) is 7.34. The van der Waals surface area contributed by atoms with Gasteiger partial charge >= 0.3 is 0 Å². The predicted octanol–water partition coefficient (Wildman–Crippen LogP) is 5.38. The normalized spacial score (nSPS) is 12.9. The van der Waals surface area contributed by atoms with E-state index in [1.807, 2.05) is 19.1 Å². The molecule has 0 fully saturated rings. The van der Waals surface area contributed by atoms with Crippen LogP contribution in [0.25, 0.3) is 0 Å². The number of rotatable bonds is 6. The molecule has 1 rings (SSSR count). The van der Waals surface area contributed by atoms with E-state index in [2.05, 4.69) is 11.7 Å². The van der Waals surface area contributed by atoms with Crippen LogP contribution in [0.3, 0.4) is 0 Å². The molecule has 0 aliphatic carbocycles. The molecule has 4 heteroatoms. The number of hydrogen-bond acceptors (Lipinski definition) is 1. The summed E-state index contributed by atoms with van der Waals surface area (Å²) >= 11 is 5.81. The molecule has 0 aromatic heterocycles.